The number of aryl methyl sites for hydroxylation is 2. The standard InChI is InChI=1S/C23H30FN3O4/c1-15-22(16(2)31-25-15)30-23(28)26(3)13-17-11-19(12-17)29-20-8-6-7-18(21(20)24)14-27-9-4-5-10-27/h6-8,17,19H,4-5,9-14H2,1-3H3. The highest BCUT2D eigenvalue weighted by molar-refractivity contribution is 5.70. The number of hydrogen-bond donors (Lipinski definition) is 0. The van der Waals surface area contributed by atoms with Crippen LogP contribution in [0.25, 0.3) is 0 Å². The lowest BCUT2D eigenvalue weighted by atomic mass is 9.82. The van der Waals surface area contributed by atoms with Crippen molar-refractivity contribution < 1.29 is 23.2 Å². The van der Waals surface area contributed by atoms with Crippen LogP contribution in [0.5, 0.6) is 11.5 Å². The molecular weight excluding hydrogens is 401 g/mol. The van der Waals surface area contributed by atoms with E-state index >= 15 is 0 Å². The molecule has 168 valence electrons. The van der Waals surface area contributed by atoms with Crippen molar-refractivity contribution in [3.05, 3.63) is 41.0 Å². The van der Waals surface area contributed by atoms with Crippen LogP contribution in [0.1, 0.15) is 42.7 Å². The van der Waals surface area contributed by atoms with Gasteiger partial charge in [-0.1, -0.05) is 17.3 Å². The van der Waals surface area contributed by atoms with Crippen LogP contribution >= 0.6 is 0 Å². The predicted octanol–water partition coefficient (Wildman–Crippen LogP) is 4.31. The summed E-state index contributed by atoms with van der Waals surface area (Å²) < 4.78 is 31.2. The average Bonchev–Trinajstić information content (AvgIpc) is 3.34. The van der Waals surface area contributed by atoms with Gasteiger partial charge in [0.1, 0.15) is 5.69 Å². The molecule has 2 fully saturated rings. The molecular formula is C23H30FN3O4. The third kappa shape index (κ3) is 5.01. The van der Waals surface area contributed by atoms with E-state index in [2.05, 4.69) is 10.1 Å². The van der Waals surface area contributed by atoms with E-state index < -0.39 is 6.09 Å². The molecule has 1 aliphatic carbocycles. The highest BCUT2D eigenvalue weighted by Gasteiger charge is 2.34. The van der Waals surface area contributed by atoms with Crippen LogP contribution in [0.15, 0.2) is 22.7 Å². The van der Waals surface area contributed by atoms with Gasteiger partial charge in [0.25, 0.3) is 0 Å². The SMILES string of the molecule is Cc1noc(C)c1OC(=O)N(C)CC1CC(Oc2cccc(CN3CCCC3)c2F)C1. The fourth-order valence-corrected chi connectivity index (χ4v) is 4.30. The first-order chi connectivity index (χ1) is 14.9. The van der Waals surface area contributed by atoms with Gasteiger partial charge in [-0.3, -0.25) is 4.90 Å². The Morgan fingerprint density at radius 2 is 2.03 bits per heavy atom. The summed E-state index contributed by atoms with van der Waals surface area (Å²) in [5, 5.41) is 3.79. The average molecular weight is 432 g/mol. The number of halogens is 1. The van der Waals surface area contributed by atoms with Gasteiger partial charge in [0, 0.05) is 32.6 Å². The Balaban J connectivity index is 1.24. The van der Waals surface area contributed by atoms with Gasteiger partial charge in [-0.15, -0.1) is 0 Å². The maximum Gasteiger partial charge on any atom is 0.415 e. The van der Waals surface area contributed by atoms with Gasteiger partial charge < -0.3 is 18.9 Å². The number of likely N-dealkylation sites (tertiary alicyclic amines) is 1. The molecule has 1 aromatic heterocycles. The molecule has 2 heterocycles. The summed E-state index contributed by atoms with van der Waals surface area (Å²) >= 11 is 0. The van der Waals surface area contributed by atoms with E-state index in [0.717, 1.165) is 25.9 Å². The summed E-state index contributed by atoms with van der Waals surface area (Å²) in [6.45, 7) is 6.68. The van der Waals surface area contributed by atoms with E-state index in [4.69, 9.17) is 14.0 Å². The summed E-state index contributed by atoms with van der Waals surface area (Å²) in [4.78, 5) is 16.2. The molecule has 1 aromatic carbocycles. The molecule has 0 atom stereocenters. The van der Waals surface area contributed by atoms with Crippen molar-refractivity contribution in [3.63, 3.8) is 0 Å². The Labute approximate surface area is 182 Å². The number of ether oxygens (including phenoxy) is 2. The fraction of sp³-hybridized carbons (Fsp3) is 0.565. The summed E-state index contributed by atoms with van der Waals surface area (Å²) in [6, 6.07) is 5.39. The lowest BCUT2D eigenvalue weighted by Gasteiger charge is -2.37. The summed E-state index contributed by atoms with van der Waals surface area (Å²) in [6.07, 6.45) is 3.44. The van der Waals surface area contributed by atoms with E-state index in [9.17, 15) is 9.18 Å². The van der Waals surface area contributed by atoms with Crippen molar-refractivity contribution in [2.75, 3.05) is 26.7 Å². The maximum atomic E-state index is 14.9. The van der Waals surface area contributed by atoms with Gasteiger partial charge in [-0.05, 0) is 57.7 Å². The quantitative estimate of drug-likeness (QED) is 0.651. The molecule has 0 spiro atoms. The van der Waals surface area contributed by atoms with Crippen LogP contribution in [0.2, 0.25) is 0 Å². The molecule has 1 amide bonds. The summed E-state index contributed by atoms with van der Waals surface area (Å²) in [7, 11) is 1.70. The van der Waals surface area contributed by atoms with Crippen LogP contribution < -0.4 is 9.47 Å². The Morgan fingerprint density at radius 3 is 2.71 bits per heavy atom. The molecule has 2 aromatic rings. The summed E-state index contributed by atoms with van der Waals surface area (Å²) in [5.41, 5.74) is 1.24. The molecule has 31 heavy (non-hydrogen) atoms. The maximum absolute atomic E-state index is 14.9. The summed E-state index contributed by atoms with van der Waals surface area (Å²) in [5.74, 6) is 1.22. The number of amides is 1. The van der Waals surface area contributed by atoms with Gasteiger partial charge in [0.05, 0.1) is 6.10 Å². The van der Waals surface area contributed by atoms with E-state index in [1.807, 2.05) is 12.1 Å². The first-order valence-corrected chi connectivity index (χ1v) is 10.9. The molecule has 2 aliphatic rings. The highest BCUT2D eigenvalue weighted by atomic mass is 19.1. The molecule has 4 rings (SSSR count). The van der Waals surface area contributed by atoms with E-state index in [-0.39, 0.29) is 11.9 Å². The van der Waals surface area contributed by atoms with Crippen molar-refractivity contribution in [2.45, 2.75) is 52.2 Å². The van der Waals surface area contributed by atoms with Crippen LogP contribution in [0, 0.1) is 25.6 Å². The molecule has 0 N–H and O–H groups in total. The highest BCUT2D eigenvalue weighted by Crippen LogP contribution is 2.34. The first kappa shape index (κ1) is 21.6. The zero-order valence-corrected chi connectivity index (χ0v) is 18.4. The number of carbonyl (C=O) groups excluding carboxylic acids is 1. The Kier molecular flexibility index (Phi) is 6.46. The lowest BCUT2D eigenvalue weighted by Crippen LogP contribution is -2.42. The van der Waals surface area contributed by atoms with Gasteiger partial charge in [0.15, 0.2) is 23.1 Å². The molecule has 0 bridgehead atoms. The van der Waals surface area contributed by atoms with Gasteiger partial charge in [0.2, 0.25) is 0 Å². The number of rotatable bonds is 7. The molecule has 1 saturated heterocycles. The number of carbonyl (C=O) groups is 1. The third-order valence-electron chi connectivity index (χ3n) is 6.12. The van der Waals surface area contributed by atoms with Crippen LogP contribution in [-0.2, 0) is 6.54 Å². The number of aromatic nitrogens is 1. The zero-order chi connectivity index (χ0) is 22.0. The lowest BCUT2D eigenvalue weighted by molar-refractivity contribution is 0.0454. The normalized spacial score (nSPS) is 21.0. The van der Waals surface area contributed by atoms with Crippen LogP contribution in [0.3, 0.4) is 0 Å². The van der Waals surface area contributed by atoms with Gasteiger partial charge in [-0.25, -0.2) is 9.18 Å². The Bertz CT molecular complexity index is 900. The second-order valence-electron chi connectivity index (χ2n) is 8.69. The van der Waals surface area contributed by atoms with Crippen molar-refractivity contribution in [2.24, 2.45) is 5.92 Å². The largest absolute Gasteiger partial charge is 0.487 e. The molecule has 8 heteroatoms. The molecule has 7 nitrogen and oxygen atoms in total. The smallest absolute Gasteiger partial charge is 0.415 e. The first-order valence-electron chi connectivity index (χ1n) is 10.9. The number of nitrogens with zero attached hydrogens (tertiary/aromatic N) is 3. The minimum atomic E-state index is -0.445. The number of hydrogen-bond acceptors (Lipinski definition) is 6. The van der Waals surface area contributed by atoms with E-state index in [1.54, 1.807) is 31.9 Å². The number of benzene rings is 1. The van der Waals surface area contributed by atoms with E-state index in [0.29, 0.717) is 47.5 Å². The fourth-order valence-electron chi connectivity index (χ4n) is 4.30. The second-order valence-corrected chi connectivity index (χ2v) is 8.69. The third-order valence-corrected chi connectivity index (χ3v) is 6.12. The van der Waals surface area contributed by atoms with Crippen molar-refractivity contribution in [1.29, 1.82) is 0 Å². The topological polar surface area (TPSA) is 68.0 Å². The molecule has 1 aliphatic heterocycles. The van der Waals surface area contributed by atoms with E-state index in [1.165, 1.54) is 12.8 Å². The molecule has 0 radical (unpaired) electrons. The minimum Gasteiger partial charge on any atom is -0.487 e. The predicted molar refractivity (Wildman–Crippen MR) is 113 cm³/mol. The Hall–Kier alpha value is -2.61. The molecule has 1 saturated carbocycles. The second kappa shape index (κ2) is 9.26. The van der Waals surface area contributed by atoms with Crippen molar-refractivity contribution in [1.82, 2.24) is 15.0 Å². The van der Waals surface area contributed by atoms with Crippen molar-refractivity contribution in [3.8, 4) is 11.5 Å². The van der Waals surface area contributed by atoms with Crippen LogP contribution in [0.4, 0.5) is 9.18 Å². The zero-order valence-electron chi connectivity index (χ0n) is 18.4. The monoisotopic (exact) mass is 431 g/mol. The Morgan fingerprint density at radius 1 is 1.29 bits per heavy atom. The van der Waals surface area contributed by atoms with Gasteiger partial charge in [-0.2, -0.15) is 0 Å². The van der Waals surface area contributed by atoms with Gasteiger partial charge >= 0.3 is 6.09 Å². The van der Waals surface area contributed by atoms with Crippen LogP contribution in [-0.4, -0.2) is 53.8 Å². The molecule has 0 unspecified atom stereocenters. The van der Waals surface area contributed by atoms with Crippen molar-refractivity contribution >= 4 is 6.09 Å². The minimum absolute atomic E-state index is 0.0338.